The molecule has 1 unspecified atom stereocenters. The van der Waals surface area contributed by atoms with Crippen LogP contribution in [0.1, 0.15) is 11.1 Å². The van der Waals surface area contributed by atoms with Crippen molar-refractivity contribution in [1.82, 2.24) is 4.98 Å². The van der Waals surface area contributed by atoms with Gasteiger partial charge in [-0.3, -0.25) is 4.21 Å². The minimum absolute atomic E-state index is 0.525. The lowest BCUT2D eigenvalue weighted by Crippen LogP contribution is -1.98. The third-order valence-corrected chi connectivity index (χ3v) is 3.59. The van der Waals surface area contributed by atoms with E-state index in [-0.39, 0.29) is 0 Å². The lowest BCUT2D eigenvalue weighted by molar-refractivity contribution is 0.680. The van der Waals surface area contributed by atoms with Crippen molar-refractivity contribution in [3.63, 3.8) is 0 Å². The van der Waals surface area contributed by atoms with Crippen LogP contribution < -0.4 is 0 Å². The molecular formula is C13H13NOS. The average Bonchev–Trinajstić information content (AvgIpc) is 2.33. The van der Waals surface area contributed by atoms with E-state index >= 15 is 0 Å². The molecule has 3 heteroatoms. The van der Waals surface area contributed by atoms with Crippen molar-refractivity contribution in [3.8, 4) is 0 Å². The minimum atomic E-state index is -1.05. The summed E-state index contributed by atoms with van der Waals surface area (Å²) < 4.78 is 11.9. The highest BCUT2D eigenvalue weighted by Crippen LogP contribution is 2.10. The fourth-order valence-corrected chi connectivity index (χ4v) is 2.44. The fourth-order valence-electron chi connectivity index (χ4n) is 1.39. The molecule has 2 nitrogen and oxygen atoms in total. The quantitative estimate of drug-likeness (QED) is 0.813. The topological polar surface area (TPSA) is 30.0 Å². The molecule has 0 aliphatic carbocycles. The molecule has 1 atom stereocenters. The second-order valence-corrected chi connectivity index (χ2v) is 5.04. The molecule has 0 aliphatic rings. The van der Waals surface area contributed by atoms with Gasteiger partial charge in [-0.05, 0) is 24.6 Å². The van der Waals surface area contributed by atoms with Gasteiger partial charge in [0.15, 0.2) is 0 Å². The first-order valence-corrected chi connectivity index (χ1v) is 6.42. The summed E-state index contributed by atoms with van der Waals surface area (Å²) in [4.78, 5) is 4.09. The standard InChI is InChI=1S/C13H13NOS/c1-11-5-7-12(8-6-11)10-16(15)13-4-2-3-9-14-13/h2-9H,10H2,1H3. The Kier molecular flexibility index (Phi) is 3.47. The number of rotatable bonds is 3. The third kappa shape index (κ3) is 2.76. The van der Waals surface area contributed by atoms with Crippen LogP contribution in [0.3, 0.4) is 0 Å². The second kappa shape index (κ2) is 5.03. The number of hydrogen-bond acceptors (Lipinski definition) is 2. The van der Waals surface area contributed by atoms with Gasteiger partial charge in [-0.25, -0.2) is 4.98 Å². The second-order valence-electron chi connectivity index (χ2n) is 3.64. The van der Waals surface area contributed by atoms with E-state index in [1.165, 1.54) is 5.56 Å². The largest absolute Gasteiger partial charge is 0.252 e. The summed E-state index contributed by atoms with van der Waals surface area (Å²) in [7, 11) is -1.05. The summed E-state index contributed by atoms with van der Waals surface area (Å²) in [6, 6.07) is 13.6. The maximum Gasteiger partial charge on any atom is 0.127 e. The molecule has 0 saturated heterocycles. The normalized spacial score (nSPS) is 12.3. The zero-order chi connectivity index (χ0) is 11.4. The van der Waals surface area contributed by atoms with Gasteiger partial charge in [0.1, 0.15) is 5.03 Å². The zero-order valence-corrected chi connectivity index (χ0v) is 9.91. The Bertz CT molecular complexity index is 479. The van der Waals surface area contributed by atoms with Gasteiger partial charge in [0.25, 0.3) is 0 Å². The SMILES string of the molecule is Cc1ccc(CS(=O)c2ccccn2)cc1. The molecule has 82 valence electrons. The molecule has 2 aromatic rings. The summed E-state index contributed by atoms with van der Waals surface area (Å²) in [5.41, 5.74) is 2.29. The highest BCUT2D eigenvalue weighted by molar-refractivity contribution is 7.84. The third-order valence-electron chi connectivity index (χ3n) is 2.29. The first-order valence-electron chi connectivity index (χ1n) is 5.10. The van der Waals surface area contributed by atoms with Gasteiger partial charge in [0.05, 0.1) is 16.6 Å². The smallest absolute Gasteiger partial charge is 0.127 e. The van der Waals surface area contributed by atoms with Crippen LogP contribution in [-0.2, 0) is 16.6 Å². The number of pyridine rings is 1. The number of aromatic nitrogens is 1. The Balaban J connectivity index is 2.11. The lowest BCUT2D eigenvalue weighted by Gasteiger charge is -2.02. The van der Waals surface area contributed by atoms with Gasteiger partial charge in [0, 0.05) is 6.20 Å². The van der Waals surface area contributed by atoms with Crippen LogP contribution in [0.5, 0.6) is 0 Å². The molecule has 0 saturated carbocycles. The van der Waals surface area contributed by atoms with Crippen molar-refractivity contribution < 1.29 is 4.21 Å². The van der Waals surface area contributed by atoms with E-state index in [2.05, 4.69) is 4.98 Å². The maximum atomic E-state index is 11.9. The first kappa shape index (κ1) is 11.0. The molecule has 0 radical (unpaired) electrons. The van der Waals surface area contributed by atoms with Gasteiger partial charge in [0.2, 0.25) is 0 Å². The van der Waals surface area contributed by atoms with E-state index in [0.717, 1.165) is 5.56 Å². The van der Waals surface area contributed by atoms with Crippen LogP contribution in [0.15, 0.2) is 53.7 Å². The van der Waals surface area contributed by atoms with Crippen molar-refractivity contribution in [2.24, 2.45) is 0 Å². The summed E-state index contributed by atoms with van der Waals surface area (Å²) in [5.74, 6) is 0.525. The Morgan fingerprint density at radius 3 is 2.50 bits per heavy atom. The van der Waals surface area contributed by atoms with Crippen molar-refractivity contribution in [1.29, 1.82) is 0 Å². The first-order chi connectivity index (χ1) is 7.75. The van der Waals surface area contributed by atoms with Crippen LogP contribution in [0.2, 0.25) is 0 Å². The van der Waals surface area contributed by atoms with Gasteiger partial charge in [-0.15, -0.1) is 0 Å². The Morgan fingerprint density at radius 2 is 1.88 bits per heavy atom. The summed E-state index contributed by atoms with van der Waals surface area (Å²) in [5, 5.41) is 0.642. The van der Waals surface area contributed by atoms with Crippen LogP contribution in [0.4, 0.5) is 0 Å². The Labute approximate surface area is 97.8 Å². The lowest BCUT2D eigenvalue weighted by atomic mass is 10.2. The number of aryl methyl sites for hydroxylation is 1. The van der Waals surface area contributed by atoms with Gasteiger partial charge in [-0.2, -0.15) is 0 Å². The molecule has 0 aliphatic heterocycles. The molecule has 1 heterocycles. The molecule has 16 heavy (non-hydrogen) atoms. The van der Waals surface area contributed by atoms with E-state index in [1.807, 2.05) is 43.3 Å². The van der Waals surface area contributed by atoms with Crippen LogP contribution in [-0.4, -0.2) is 9.19 Å². The molecule has 0 amide bonds. The summed E-state index contributed by atoms with van der Waals surface area (Å²) in [6.07, 6.45) is 1.67. The van der Waals surface area contributed by atoms with E-state index in [0.29, 0.717) is 10.8 Å². The Morgan fingerprint density at radius 1 is 1.12 bits per heavy atom. The van der Waals surface area contributed by atoms with E-state index < -0.39 is 10.8 Å². The van der Waals surface area contributed by atoms with Crippen molar-refractivity contribution >= 4 is 10.8 Å². The summed E-state index contributed by atoms with van der Waals surface area (Å²) >= 11 is 0. The average molecular weight is 231 g/mol. The van der Waals surface area contributed by atoms with Gasteiger partial charge in [-0.1, -0.05) is 35.9 Å². The van der Waals surface area contributed by atoms with Crippen LogP contribution >= 0.6 is 0 Å². The monoisotopic (exact) mass is 231 g/mol. The molecular weight excluding hydrogens is 218 g/mol. The number of nitrogens with zero attached hydrogens (tertiary/aromatic N) is 1. The predicted molar refractivity (Wildman–Crippen MR) is 65.5 cm³/mol. The zero-order valence-electron chi connectivity index (χ0n) is 9.09. The van der Waals surface area contributed by atoms with Gasteiger partial charge >= 0.3 is 0 Å². The van der Waals surface area contributed by atoms with E-state index in [4.69, 9.17) is 0 Å². The van der Waals surface area contributed by atoms with Crippen LogP contribution in [0, 0.1) is 6.92 Å². The molecule has 0 bridgehead atoms. The number of benzene rings is 1. The highest BCUT2D eigenvalue weighted by atomic mass is 32.2. The van der Waals surface area contributed by atoms with Crippen LogP contribution in [0.25, 0.3) is 0 Å². The highest BCUT2D eigenvalue weighted by Gasteiger charge is 2.05. The molecule has 1 aromatic heterocycles. The Hall–Kier alpha value is -1.48. The molecule has 1 aromatic carbocycles. The maximum absolute atomic E-state index is 11.9. The molecule has 0 spiro atoms. The van der Waals surface area contributed by atoms with Crippen molar-refractivity contribution in [3.05, 3.63) is 59.8 Å². The molecule has 2 rings (SSSR count). The minimum Gasteiger partial charge on any atom is -0.252 e. The molecule has 0 N–H and O–H groups in total. The predicted octanol–water partition coefficient (Wildman–Crippen LogP) is 2.70. The molecule has 0 fully saturated rings. The van der Waals surface area contributed by atoms with E-state index in [9.17, 15) is 4.21 Å². The van der Waals surface area contributed by atoms with Crippen molar-refractivity contribution in [2.45, 2.75) is 17.7 Å². The summed E-state index contributed by atoms with van der Waals surface area (Å²) in [6.45, 7) is 2.04. The van der Waals surface area contributed by atoms with E-state index in [1.54, 1.807) is 12.3 Å². The van der Waals surface area contributed by atoms with Gasteiger partial charge < -0.3 is 0 Å². The fraction of sp³-hybridized carbons (Fsp3) is 0.154. The number of hydrogen-bond donors (Lipinski definition) is 0. The van der Waals surface area contributed by atoms with Crippen molar-refractivity contribution in [2.75, 3.05) is 0 Å².